The molecular weight excluding hydrogens is 282 g/mol. The van der Waals surface area contributed by atoms with E-state index in [4.69, 9.17) is 10.8 Å². The lowest BCUT2D eigenvalue weighted by Crippen LogP contribution is -2.47. The molecule has 2 heterocycles. The highest BCUT2D eigenvalue weighted by atomic mass is 16.3. The Morgan fingerprint density at radius 2 is 2.23 bits per heavy atom. The Labute approximate surface area is 128 Å². The molecule has 116 valence electrons. The fourth-order valence-electron chi connectivity index (χ4n) is 2.40. The van der Waals surface area contributed by atoms with Crippen LogP contribution in [0.3, 0.4) is 0 Å². The number of aromatic nitrogens is 3. The molecule has 2 aromatic heterocycles. The SMILES string of the molecule is Cn1cc(-c2ccc(C3(NC(=O)[C@@H](N)CO)CC3)nc2)cn1. The molecule has 1 aliphatic rings. The summed E-state index contributed by atoms with van der Waals surface area (Å²) in [4.78, 5) is 16.3. The van der Waals surface area contributed by atoms with Crippen molar-refractivity contribution in [2.75, 3.05) is 6.61 Å². The van der Waals surface area contributed by atoms with Gasteiger partial charge in [-0.15, -0.1) is 0 Å². The Morgan fingerprint density at radius 1 is 1.45 bits per heavy atom. The molecule has 0 spiro atoms. The third-order valence-corrected chi connectivity index (χ3v) is 3.94. The number of amides is 1. The van der Waals surface area contributed by atoms with Crippen LogP contribution < -0.4 is 11.1 Å². The summed E-state index contributed by atoms with van der Waals surface area (Å²) in [5.41, 5.74) is 7.90. The summed E-state index contributed by atoms with van der Waals surface area (Å²) in [6.07, 6.45) is 7.15. The van der Waals surface area contributed by atoms with Crippen LogP contribution in [0.4, 0.5) is 0 Å². The number of rotatable bonds is 5. The van der Waals surface area contributed by atoms with Crippen molar-refractivity contribution in [1.82, 2.24) is 20.1 Å². The van der Waals surface area contributed by atoms with E-state index in [0.29, 0.717) is 0 Å². The zero-order valence-corrected chi connectivity index (χ0v) is 12.4. The molecule has 4 N–H and O–H groups in total. The first-order valence-corrected chi connectivity index (χ1v) is 7.18. The molecule has 2 aromatic rings. The first kappa shape index (κ1) is 14.7. The fraction of sp³-hybridized carbons (Fsp3) is 0.400. The number of aryl methyl sites for hydroxylation is 1. The number of carbonyl (C=O) groups is 1. The lowest BCUT2D eigenvalue weighted by molar-refractivity contribution is -0.124. The second kappa shape index (κ2) is 5.51. The standard InChI is InChI=1S/C15H19N5O2/c1-20-8-11(7-18-20)10-2-3-13(17-6-10)15(4-5-15)19-14(22)12(16)9-21/h2-3,6-8,12,21H,4-5,9,16H2,1H3,(H,19,22)/t12-/m0/s1. The summed E-state index contributed by atoms with van der Waals surface area (Å²) in [7, 11) is 1.87. The number of aliphatic hydroxyl groups is 1. The summed E-state index contributed by atoms with van der Waals surface area (Å²) in [6, 6.07) is 2.99. The number of aliphatic hydroxyl groups excluding tert-OH is 1. The fourth-order valence-corrected chi connectivity index (χ4v) is 2.40. The molecule has 0 aliphatic heterocycles. The van der Waals surface area contributed by atoms with Crippen molar-refractivity contribution in [3.8, 4) is 11.1 Å². The summed E-state index contributed by atoms with van der Waals surface area (Å²) >= 11 is 0. The maximum absolute atomic E-state index is 11.9. The van der Waals surface area contributed by atoms with Gasteiger partial charge in [0.15, 0.2) is 0 Å². The first-order valence-electron chi connectivity index (χ1n) is 7.18. The lowest BCUT2D eigenvalue weighted by Gasteiger charge is -2.19. The van der Waals surface area contributed by atoms with Gasteiger partial charge in [0.1, 0.15) is 6.04 Å². The van der Waals surface area contributed by atoms with E-state index in [9.17, 15) is 4.79 Å². The van der Waals surface area contributed by atoms with Crippen LogP contribution >= 0.6 is 0 Å². The molecule has 0 unspecified atom stereocenters. The molecule has 7 nitrogen and oxygen atoms in total. The van der Waals surface area contributed by atoms with Gasteiger partial charge in [-0.25, -0.2) is 0 Å². The zero-order valence-electron chi connectivity index (χ0n) is 12.4. The van der Waals surface area contributed by atoms with Crippen molar-refractivity contribution < 1.29 is 9.90 Å². The van der Waals surface area contributed by atoms with Crippen LogP contribution in [0.1, 0.15) is 18.5 Å². The molecule has 0 bridgehead atoms. The average molecular weight is 301 g/mol. The van der Waals surface area contributed by atoms with Gasteiger partial charge in [0, 0.05) is 30.6 Å². The summed E-state index contributed by atoms with van der Waals surface area (Å²) in [6.45, 7) is -0.366. The minimum atomic E-state index is -0.896. The zero-order chi connectivity index (χ0) is 15.7. The Bertz CT molecular complexity index is 675. The van der Waals surface area contributed by atoms with Gasteiger partial charge in [0.05, 0.1) is 24.0 Å². The van der Waals surface area contributed by atoms with E-state index < -0.39 is 11.6 Å². The highest BCUT2D eigenvalue weighted by Gasteiger charge is 2.47. The maximum Gasteiger partial charge on any atom is 0.240 e. The van der Waals surface area contributed by atoms with Crippen LogP contribution in [0.15, 0.2) is 30.7 Å². The molecule has 1 fully saturated rings. The average Bonchev–Trinajstić information content (AvgIpc) is 3.19. The van der Waals surface area contributed by atoms with Crippen molar-refractivity contribution in [1.29, 1.82) is 0 Å². The molecular formula is C15H19N5O2. The Hall–Kier alpha value is -2.25. The summed E-state index contributed by atoms with van der Waals surface area (Å²) < 4.78 is 1.74. The molecule has 3 rings (SSSR count). The van der Waals surface area contributed by atoms with Gasteiger partial charge in [-0.3, -0.25) is 14.5 Å². The van der Waals surface area contributed by atoms with E-state index in [-0.39, 0.29) is 12.5 Å². The van der Waals surface area contributed by atoms with Crippen molar-refractivity contribution in [2.45, 2.75) is 24.4 Å². The normalized spacial score (nSPS) is 17.0. The molecule has 7 heteroatoms. The minimum Gasteiger partial charge on any atom is -0.394 e. The van der Waals surface area contributed by atoms with E-state index in [1.807, 2.05) is 25.4 Å². The van der Waals surface area contributed by atoms with E-state index in [0.717, 1.165) is 29.7 Å². The van der Waals surface area contributed by atoms with Crippen molar-refractivity contribution in [2.24, 2.45) is 12.8 Å². The van der Waals surface area contributed by atoms with Crippen LogP contribution in [0.25, 0.3) is 11.1 Å². The monoisotopic (exact) mass is 301 g/mol. The third kappa shape index (κ3) is 2.72. The molecule has 22 heavy (non-hydrogen) atoms. The van der Waals surface area contributed by atoms with Gasteiger partial charge in [-0.2, -0.15) is 5.10 Å². The number of hydrogen-bond acceptors (Lipinski definition) is 5. The molecule has 0 saturated heterocycles. The highest BCUT2D eigenvalue weighted by Crippen LogP contribution is 2.44. The van der Waals surface area contributed by atoms with Gasteiger partial charge in [0.25, 0.3) is 0 Å². The van der Waals surface area contributed by atoms with Crippen LogP contribution in [0.2, 0.25) is 0 Å². The smallest absolute Gasteiger partial charge is 0.240 e. The van der Waals surface area contributed by atoms with Crippen LogP contribution in [0, 0.1) is 0 Å². The van der Waals surface area contributed by atoms with Gasteiger partial charge >= 0.3 is 0 Å². The van der Waals surface area contributed by atoms with E-state index in [2.05, 4.69) is 15.4 Å². The van der Waals surface area contributed by atoms with Crippen LogP contribution in [-0.4, -0.2) is 38.4 Å². The quantitative estimate of drug-likeness (QED) is 0.715. The number of carbonyl (C=O) groups excluding carboxylic acids is 1. The second-order valence-electron chi connectivity index (χ2n) is 5.70. The van der Waals surface area contributed by atoms with E-state index in [1.165, 1.54) is 0 Å². The van der Waals surface area contributed by atoms with Crippen LogP contribution in [-0.2, 0) is 17.4 Å². The van der Waals surface area contributed by atoms with Crippen molar-refractivity contribution in [3.63, 3.8) is 0 Å². The van der Waals surface area contributed by atoms with Gasteiger partial charge < -0.3 is 16.2 Å². The van der Waals surface area contributed by atoms with Gasteiger partial charge in [-0.05, 0) is 18.9 Å². The topological polar surface area (TPSA) is 106 Å². The molecule has 0 aromatic carbocycles. The molecule has 1 saturated carbocycles. The van der Waals surface area contributed by atoms with Crippen molar-refractivity contribution >= 4 is 5.91 Å². The largest absolute Gasteiger partial charge is 0.394 e. The predicted molar refractivity (Wildman–Crippen MR) is 80.6 cm³/mol. The summed E-state index contributed by atoms with van der Waals surface area (Å²) in [5, 5.41) is 16.0. The van der Waals surface area contributed by atoms with E-state index >= 15 is 0 Å². The maximum atomic E-state index is 11.9. The highest BCUT2D eigenvalue weighted by molar-refractivity contribution is 5.83. The van der Waals surface area contributed by atoms with Gasteiger partial charge in [-0.1, -0.05) is 6.07 Å². The lowest BCUT2D eigenvalue weighted by atomic mass is 10.1. The second-order valence-corrected chi connectivity index (χ2v) is 5.70. The number of nitrogens with zero attached hydrogens (tertiary/aromatic N) is 3. The van der Waals surface area contributed by atoms with Crippen molar-refractivity contribution in [3.05, 3.63) is 36.4 Å². The van der Waals surface area contributed by atoms with E-state index in [1.54, 1.807) is 17.1 Å². The number of pyridine rings is 1. The predicted octanol–water partition coefficient (Wildman–Crippen LogP) is -0.0930. The number of nitrogens with two attached hydrogens (primary N) is 1. The molecule has 0 radical (unpaired) electrons. The van der Waals surface area contributed by atoms with Crippen LogP contribution in [0.5, 0.6) is 0 Å². The molecule has 1 amide bonds. The van der Waals surface area contributed by atoms with Gasteiger partial charge in [0.2, 0.25) is 5.91 Å². The Kier molecular flexibility index (Phi) is 3.67. The number of nitrogens with one attached hydrogen (secondary N) is 1. The Morgan fingerprint density at radius 3 is 2.73 bits per heavy atom. The summed E-state index contributed by atoms with van der Waals surface area (Å²) in [5.74, 6) is -0.349. The third-order valence-electron chi connectivity index (χ3n) is 3.94. The Balaban J connectivity index is 1.76. The first-order chi connectivity index (χ1) is 10.5. The molecule has 1 aliphatic carbocycles. The number of hydrogen-bond donors (Lipinski definition) is 3. The minimum absolute atomic E-state index is 0.349. The molecule has 1 atom stereocenters.